The second-order valence-corrected chi connectivity index (χ2v) is 6.48. The highest BCUT2D eigenvalue weighted by atomic mass is 79.9. The Morgan fingerprint density at radius 3 is 2.29 bits per heavy atom. The van der Waals surface area contributed by atoms with Crippen LogP contribution in [0, 0.1) is 0 Å². The zero-order chi connectivity index (χ0) is 14.2. The van der Waals surface area contributed by atoms with Gasteiger partial charge in [0.2, 0.25) is 6.71 Å². The van der Waals surface area contributed by atoms with E-state index in [1.165, 1.54) is 27.5 Å². The zero-order valence-corrected chi connectivity index (χ0v) is 13.2. The summed E-state index contributed by atoms with van der Waals surface area (Å²) in [7, 11) is 0. The Morgan fingerprint density at radius 1 is 0.714 bits per heavy atom. The van der Waals surface area contributed by atoms with E-state index in [1.807, 2.05) is 0 Å². The Labute approximate surface area is 134 Å². The van der Waals surface area contributed by atoms with E-state index in [0.29, 0.717) is 6.71 Å². The molecule has 0 nitrogen and oxygen atoms in total. The molecule has 3 aromatic carbocycles. The van der Waals surface area contributed by atoms with E-state index in [4.69, 9.17) is 0 Å². The molecule has 0 spiro atoms. The van der Waals surface area contributed by atoms with Crippen molar-refractivity contribution in [2.24, 2.45) is 0 Å². The van der Waals surface area contributed by atoms with Crippen molar-refractivity contribution in [3.05, 3.63) is 88.4 Å². The molecule has 0 saturated carbocycles. The minimum Gasteiger partial charge on any atom is -0.0686 e. The van der Waals surface area contributed by atoms with E-state index >= 15 is 0 Å². The van der Waals surface area contributed by atoms with E-state index in [-0.39, 0.29) is 0 Å². The van der Waals surface area contributed by atoms with E-state index in [1.54, 1.807) is 0 Å². The monoisotopic (exact) mass is 332 g/mol. The Balaban J connectivity index is 1.97. The fourth-order valence-corrected chi connectivity index (χ4v) is 3.77. The molecule has 4 rings (SSSR count). The van der Waals surface area contributed by atoms with Crippen molar-refractivity contribution in [3.8, 4) is 0 Å². The first-order chi connectivity index (χ1) is 10.3. The van der Waals surface area contributed by atoms with Gasteiger partial charge < -0.3 is 0 Å². The molecule has 0 radical (unpaired) electrons. The highest BCUT2D eigenvalue weighted by Gasteiger charge is 2.29. The summed E-state index contributed by atoms with van der Waals surface area (Å²) in [6.07, 6.45) is 1.02. The molecule has 0 N–H and O–H groups in total. The predicted octanol–water partition coefficient (Wildman–Crippen LogP) is 2.87. The molecular weight excluding hydrogens is 319 g/mol. The van der Waals surface area contributed by atoms with Gasteiger partial charge in [-0.05, 0) is 29.7 Å². The van der Waals surface area contributed by atoms with Crippen LogP contribution in [-0.4, -0.2) is 6.71 Å². The summed E-state index contributed by atoms with van der Waals surface area (Å²) in [5, 5.41) is 0. The van der Waals surface area contributed by atoms with Crippen molar-refractivity contribution in [3.63, 3.8) is 0 Å². The van der Waals surface area contributed by atoms with Crippen molar-refractivity contribution in [2.75, 3.05) is 0 Å². The number of hydrogen-bond donors (Lipinski definition) is 0. The standard InChI is InChI=1S/C19H14BBr/c21-17-10-11-19-15(13-17)12-14-6-4-5-9-18(14)20(19)16-7-2-1-3-8-16/h1-11,13H,12H2. The van der Waals surface area contributed by atoms with Crippen LogP contribution in [0.25, 0.3) is 0 Å². The van der Waals surface area contributed by atoms with Gasteiger partial charge in [-0.2, -0.15) is 0 Å². The normalized spacial score (nSPS) is 12.7. The molecule has 3 aromatic rings. The fraction of sp³-hybridized carbons (Fsp3) is 0.0526. The molecule has 0 aliphatic carbocycles. The first-order valence-electron chi connectivity index (χ1n) is 7.24. The number of hydrogen-bond acceptors (Lipinski definition) is 0. The molecule has 21 heavy (non-hydrogen) atoms. The Bertz CT molecular complexity index is 796. The number of benzene rings is 3. The van der Waals surface area contributed by atoms with Crippen molar-refractivity contribution < 1.29 is 0 Å². The average Bonchev–Trinajstić information content (AvgIpc) is 2.53. The molecule has 2 heteroatoms. The third-order valence-electron chi connectivity index (χ3n) is 4.30. The second-order valence-electron chi connectivity index (χ2n) is 5.56. The van der Waals surface area contributed by atoms with E-state index < -0.39 is 0 Å². The lowest BCUT2D eigenvalue weighted by Crippen LogP contribution is -2.56. The van der Waals surface area contributed by atoms with Crippen LogP contribution in [-0.2, 0) is 6.42 Å². The molecule has 1 aliphatic heterocycles. The molecule has 1 aliphatic rings. The first kappa shape index (κ1) is 12.9. The van der Waals surface area contributed by atoms with Crippen LogP contribution in [0.5, 0.6) is 0 Å². The Morgan fingerprint density at radius 2 is 1.43 bits per heavy atom. The van der Waals surface area contributed by atoms with Crippen molar-refractivity contribution in [1.82, 2.24) is 0 Å². The third-order valence-corrected chi connectivity index (χ3v) is 4.79. The average molecular weight is 333 g/mol. The topological polar surface area (TPSA) is 0 Å². The number of fused-ring (bicyclic) bond motifs is 2. The summed E-state index contributed by atoms with van der Waals surface area (Å²) in [6, 6.07) is 26.3. The van der Waals surface area contributed by atoms with Gasteiger partial charge in [-0.25, -0.2) is 0 Å². The summed E-state index contributed by atoms with van der Waals surface area (Å²) in [4.78, 5) is 0. The van der Waals surface area contributed by atoms with Crippen LogP contribution >= 0.6 is 15.9 Å². The maximum absolute atomic E-state index is 3.61. The summed E-state index contributed by atoms with van der Waals surface area (Å²) >= 11 is 3.61. The van der Waals surface area contributed by atoms with Gasteiger partial charge in [0.05, 0.1) is 0 Å². The Hall–Kier alpha value is -1.80. The molecule has 0 atom stereocenters. The number of halogens is 1. The summed E-state index contributed by atoms with van der Waals surface area (Å²) in [6.45, 7) is 0.347. The molecular formula is C19H14BBr. The molecule has 0 saturated heterocycles. The van der Waals surface area contributed by atoms with Crippen LogP contribution in [0.3, 0.4) is 0 Å². The van der Waals surface area contributed by atoms with Gasteiger partial charge in [-0.15, -0.1) is 0 Å². The highest BCUT2D eigenvalue weighted by molar-refractivity contribution is 9.10. The summed E-state index contributed by atoms with van der Waals surface area (Å²) in [5.74, 6) is 0. The fourth-order valence-electron chi connectivity index (χ4n) is 3.36. The van der Waals surface area contributed by atoms with Gasteiger partial charge in [-0.1, -0.05) is 93.0 Å². The van der Waals surface area contributed by atoms with Crippen LogP contribution < -0.4 is 16.4 Å². The summed E-state index contributed by atoms with van der Waals surface area (Å²) in [5.41, 5.74) is 7.11. The van der Waals surface area contributed by atoms with Crippen molar-refractivity contribution in [2.45, 2.75) is 6.42 Å². The quantitative estimate of drug-likeness (QED) is 0.470. The lowest BCUT2D eigenvalue weighted by molar-refractivity contribution is 1.20. The smallest absolute Gasteiger partial charge is 0.0686 e. The highest BCUT2D eigenvalue weighted by Crippen LogP contribution is 2.18. The lowest BCUT2D eigenvalue weighted by Gasteiger charge is -2.27. The minimum atomic E-state index is 0.347. The van der Waals surface area contributed by atoms with Gasteiger partial charge >= 0.3 is 0 Å². The zero-order valence-electron chi connectivity index (χ0n) is 11.6. The van der Waals surface area contributed by atoms with Crippen LogP contribution in [0.4, 0.5) is 0 Å². The largest absolute Gasteiger partial charge is 0.241 e. The van der Waals surface area contributed by atoms with Gasteiger partial charge in [0, 0.05) is 4.47 Å². The first-order valence-corrected chi connectivity index (χ1v) is 8.03. The molecule has 0 aromatic heterocycles. The van der Waals surface area contributed by atoms with Crippen LogP contribution in [0.15, 0.2) is 77.3 Å². The molecule has 0 fully saturated rings. The molecule has 0 amide bonds. The van der Waals surface area contributed by atoms with E-state index in [9.17, 15) is 0 Å². The van der Waals surface area contributed by atoms with Crippen molar-refractivity contribution >= 4 is 39.0 Å². The molecule has 1 heterocycles. The van der Waals surface area contributed by atoms with Gasteiger partial charge in [0.1, 0.15) is 0 Å². The minimum absolute atomic E-state index is 0.347. The van der Waals surface area contributed by atoms with Gasteiger partial charge in [0.15, 0.2) is 0 Å². The SMILES string of the molecule is Brc1ccc2c(c1)Cc1ccccc1B2c1ccccc1. The lowest BCUT2D eigenvalue weighted by atomic mass is 9.33. The predicted molar refractivity (Wildman–Crippen MR) is 94.5 cm³/mol. The van der Waals surface area contributed by atoms with Crippen molar-refractivity contribution in [1.29, 1.82) is 0 Å². The summed E-state index contributed by atoms with van der Waals surface area (Å²) < 4.78 is 1.16. The van der Waals surface area contributed by atoms with Crippen LogP contribution in [0.1, 0.15) is 11.1 Å². The molecule has 0 unspecified atom stereocenters. The number of rotatable bonds is 1. The second kappa shape index (κ2) is 5.20. The maximum Gasteiger partial charge on any atom is 0.241 e. The molecule has 100 valence electrons. The Kier molecular flexibility index (Phi) is 3.19. The van der Waals surface area contributed by atoms with E-state index in [0.717, 1.165) is 10.9 Å². The van der Waals surface area contributed by atoms with Crippen LogP contribution in [0.2, 0.25) is 0 Å². The molecule has 0 bridgehead atoms. The maximum atomic E-state index is 3.61. The van der Waals surface area contributed by atoms with E-state index in [2.05, 4.69) is 88.7 Å². The third kappa shape index (κ3) is 2.24. The van der Waals surface area contributed by atoms with Gasteiger partial charge in [0.25, 0.3) is 0 Å². The van der Waals surface area contributed by atoms with Gasteiger partial charge in [-0.3, -0.25) is 0 Å².